The van der Waals surface area contributed by atoms with Crippen LogP contribution in [0.15, 0.2) is 29.3 Å². The maximum atomic E-state index is 10.6. The third-order valence-electron chi connectivity index (χ3n) is 2.10. The smallest absolute Gasteiger partial charge is 0.335 e. The number of nitrogens with zero attached hydrogens (tertiary/aromatic N) is 2. The summed E-state index contributed by atoms with van der Waals surface area (Å²) in [6.45, 7) is 1.63. The number of anilines is 1. The third kappa shape index (κ3) is 6.71. The van der Waals surface area contributed by atoms with Gasteiger partial charge in [-0.15, -0.1) is 0 Å². The minimum absolute atomic E-state index is 0.288. The van der Waals surface area contributed by atoms with E-state index in [1.807, 2.05) is 5.01 Å². The summed E-state index contributed by atoms with van der Waals surface area (Å²) in [6, 6.07) is 6.60. The molecule has 1 aliphatic heterocycles. The first kappa shape index (κ1) is 15.9. The van der Waals surface area contributed by atoms with Crippen molar-refractivity contribution < 1.29 is 22.9 Å². The Morgan fingerprint density at radius 1 is 1.35 bits per heavy atom. The molecule has 3 N–H and O–H groups in total. The first-order chi connectivity index (χ1) is 9.25. The van der Waals surface area contributed by atoms with E-state index in [0.29, 0.717) is 6.26 Å². The molecule has 1 aliphatic rings. The fourth-order valence-corrected chi connectivity index (χ4v) is 1.32. The number of carboxylic acids is 1. The molecule has 110 valence electrons. The first-order valence-electron chi connectivity index (χ1n) is 5.55. The molecule has 0 amide bonds. The molecule has 2 rings (SSSR count). The van der Waals surface area contributed by atoms with Gasteiger partial charge in [-0.2, -0.15) is 8.42 Å². The first-order valence-corrected chi connectivity index (χ1v) is 7.39. The van der Waals surface area contributed by atoms with Gasteiger partial charge >= 0.3 is 5.97 Å². The molecular formula is C11H15N3O5S. The van der Waals surface area contributed by atoms with Crippen molar-refractivity contribution in [3.8, 4) is 0 Å². The van der Waals surface area contributed by atoms with Crippen LogP contribution in [-0.2, 0) is 10.1 Å². The van der Waals surface area contributed by atoms with Crippen LogP contribution in [0.25, 0.3) is 0 Å². The Kier molecular flexibility index (Phi) is 5.47. The van der Waals surface area contributed by atoms with Crippen molar-refractivity contribution in [2.24, 2.45) is 4.99 Å². The number of carboxylic acid groups (broad SMARTS) is 1. The second kappa shape index (κ2) is 6.87. The Morgan fingerprint density at radius 2 is 1.90 bits per heavy atom. The molecule has 0 fully saturated rings. The fraction of sp³-hybridized carbons (Fsp3) is 0.273. The standard InChI is InChI=1S/C10H11N3O2.CH4O3S/c14-10(15)8-1-3-9(4-2-8)12-13-6-5-11-7-13;1-5(2,3)4/h1-4,7,12H,5-6H2,(H,14,15);1H3,(H,2,3,4). The van der Waals surface area contributed by atoms with E-state index in [9.17, 15) is 13.2 Å². The number of carbonyl (C=O) groups is 1. The van der Waals surface area contributed by atoms with Crippen LogP contribution < -0.4 is 5.43 Å². The molecule has 1 heterocycles. The zero-order valence-electron chi connectivity index (χ0n) is 10.7. The average molecular weight is 301 g/mol. The molecule has 1 aromatic carbocycles. The summed E-state index contributed by atoms with van der Waals surface area (Å²) >= 11 is 0. The minimum atomic E-state index is -3.67. The van der Waals surface area contributed by atoms with E-state index in [2.05, 4.69) is 10.4 Å². The van der Waals surface area contributed by atoms with Crippen LogP contribution in [0, 0.1) is 0 Å². The number of hydrogen-bond acceptors (Lipinski definition) is 6. The van der Waals surface area contributed by atoms with Crippen molar-refractivity contribution in [1.29, 1.82) is 0 Å². The highest BCUT2D eigenvalue weighted by molar-refractivity contribution is 7.85. The van der Waals surface area contributed by atoms with Crippen LogP contribution in [0.2, 0.25) is 0 Å². The highest BCUT2D eigenvalue weighted by Gasteiger charge is 2.05. The molecule has 0 unspecified atom stereocenters. The van der Waals surface area contributed by atoms with Crippen molar-refractivity contribution in [3.63, 3.8) is 0 Å². The van der Waals surface area contributed by atoms with Crippen molar-refractivity contribution in [1.82, 2.24) is 5.01 Å². The lowest BCUT2D eigenvalue weighted by Crippen LogP contribution is -2.26. The van der Waals surface area contributed by atoms with Gasteiger partial charge in [-0.3, -0.25) is 20.0 Å². The number of hydrogen-bond donors (Lipinski definition) is 3. The van der Waals surface area contributed by atoms with Crippen molar-refractivity contribution >= 4 is 28.1 Å². The summed E-state index contributed by atoms with van der Waals surface area (Å²) < 4.78 is 25.9. The Bertz CT molecular complexity index is 575. The monoisotopic (exact) mass is 301 g/mol. The van der Waals surface area contributed by atoms with Gasteiger partial charge in [0.2, 0.25) is 0 Å². The van der Waals surface area contributed by atoms with Crippen LogP contribution in [0.1, 0.15) is 10.4 Å². The Labute approximate surface area is 116 Å². The molecule has 9 heteroatoms. The summed E-state index contributed by atoms with van der Waals surface area (Å²) in [5.41, 5.74) is 4.24. The molecule has 0 aromatic heterocycles. The van der Waals surface area contributed by atoms with Crippen LogP contribution in [0.5, 0.6) is 0 Å². The molecule has 1 aromatic rings. The topological polar surface area (TPSA) is 119 Å². The van der Waals surface area contributed by atoms with Gasteiger partial charge in [0.1, 0.15) is 6.34 Å². The summed E-state index contributed by atoms with van der Waals surface area (Å²) in [4.78, 5) is 14.7. The number of aromatic carboxylic acids is 1. The van der Waals surface area contributed by atoms with Gasteiger partial charge in [0.05, 0.1) is 30.6 Å². The average Bonchev–Trinajstić information content (AvgIpc) is 2.80. The summed E-state index contributed by atoms with van der Waals surface area (Å²) in [5.74, 6) is -0.913. The minimum Gasteiger partial charge on any atom is -0.478 e. The molecular weight excluding hydrogens is 286 g/mol. The van der Waals surface area contributed by atoms with Crippen molar-refractivity contribution in [2.75, 3.05) is 24.8 Å². The summed E-state index contributed by atoms with van der Waals surface area (Å²) in [5, 5.41) is 10.6. The molecule has 0 bridgehead atoms. The predicted molar refractivity (Wildman–Crippen MR) is 74.6 cm³/mol. The Hall–Kier alpha value is -2.13. The molecule has 0 aliphatic carbocycles. The van der Waals surface area contributed by atoms with Gasteiger partial charge in [-0.1, -0.05) is 0 Å². The van der Waals surface area contributed by atoms with E-state index in [1.165, 1.54) is 0 Å². The quantitative estimate of drug-likeness (QED) is 0.698. The number of benzene rings is 1. The normalized spacial score (nSPS) is 13.6. The maximum absolute atomic E-state index is 10.6. The van der Waals surface area contributed by atoms with Crippen LogP contribution in [-0.4, -0.2) is 54.7 Å². The predicted octanol–water partition coefficient (Wildman–Crippen LogP) is 0.560. The van der Waals surface area contributed by atoms with E-state index in [-0.39, 0.29) is 5.56 Å². The van der Waals surface area contributed by atoms with Gasteiger partial charge in [-0.05, 0) is 24.3 Å². The summed E-state index contributed by atoms with van der Waals surface area (Å²) in [7, 11) is -3.67. The number of nitrogens with one attached hydrogen (secondary N) is 1. The van der Waals surface area contributed by atoms with Crippen molar-refractivity contribution in [3.05, 3.63) is 29.8 Å². The fourth-order valence-electron chi connectivity index (χ4n) is 1.32. The second-order valence-electron chi connectivity index (χ2n) is 3.94. The molecule has 8 nitrogen and oxygen atoms in total. The molecule has 0 radical (unpaired) electrons. The van der Waals surface area contributed by atoms with Gasteiger partial charge in [0.25, 0.3) is 10.1 Å². The molecule has 0 spiro atoms. The highest BCUT2D eigenvalue weighted by Crippen LogP contribution is 2.10. The number of hydrazine groups is 1. The lowest BCUT2D eigenvalue weighted by Gasteiger charge is -2.16. The van der Waals surface area contributed by atoms with Gasteiger partial charge < -0.3 is 5.11 Å². The van der Waals surface area contributed by atoms with Crippen LogP contribution in [0.3, 0.4) is 0 Å². The molecule has 20 heavy (non-hydrogen) atoms. The molecule has 0 saturated heterocycles. The van der Waals surface area contributed by atoms with E-state index < -0.39 is 16.1 Å². The highest BCUT2D eigenvalue weighted by atomic mass is 32.2. The third-order valence-corrected chi connectivity index (χ3v) is 2.10. The van der Waals surface area contributed by atoms with E-state index in [0.717, 1.165) is 18.8 Å². The lowest BCUT2D eigenvalue weighted by molar-refractivity contribution is 0.0697. The lowest BCUT2D eigenvalue weighted by atomic mass is 10.2. The van der Waals surface area contributed by atoms with Crippen molar-refractivity contribution in [2.45, 2.75) is 0 Å². The zero-order chi connectivity index (χ0) is 15.2. The SMILES string of the molecule is CS(=O)(=O)O.O=C(O)c1ccc(NN2C=NCC2)cc1. The number of rotatable bonds is 3. The zero-order valence-corrected chi connectivity index (χ0v) is 11.5. The van der Waals surface area contributed by atoms with E-state index in [1.54, 1.807) is 30.6 Å². The van der Waals surface area contributed by atoms with Crippen LogP contribution >= 0.6 is 0 Å². The number of aliphatic imine (C=N–C) groups is 1. The maximum Gasteiger partial charge on any atom is 0.335 e. The molecule has 0 saturated carbocycles. The molecule has 0 atom stereocenters. The van der Waals surface area contributed by atoms with Crippen LogP contribution in [0.4, 0.5) is 5.69 Å². The van der Waals surface area contributed by atoms with E-state index >= 15 is 0 Å². The largest absolute Gasteiger partial charge is 0.478 e. The Balaban J connectivity index is 0.000000347. The summed E-state index contributed by atoms with van der Waals surface area (Å²) in [6.07, 6.45) is 2.44. The van der Waals surface area contributed by atoms with Gasteiger partial charge in [0.15, 0.2) is 0 Å². The van der Waals surface area contributed by atoms with E-state index in [4.69, 9.17) is 9.66 Å². The van der Waals surface area contributed by atoms with Gasteiger partial charge in [0, 0.05) is 0 Å². The second-order valence-corrected chi connectivity index (χ2v) is 5.41. The van der Waals surface area contributed by atoms with Gasteiger partial charge in [-0.25, -0.2) is 4.79 Å². The Morgan fingerprint density at radius 3 is 2.30 bits per heavy atom.